The molecule has 0 atom stereocenters. The minimum Gasteiger partial charge on any atom is -0.506 e. The number of piperazine rings is 1. The van der Waals surface area contributed by atoms with E-state index in [1.165, 1.54) is 18.4 Å². The van der Waals surface area contributed by atoms with Gasteiger partial charge < -0.3 is 14.7 Å². The zero-order valence-electron chi connectivity index (χ0n) is 13.1. The van der Waals surface area contributed by atoms with Crippen LogP contribution in [0, 0.1) is 0 Å². The van der Waals surface area contributed by atoms with Gasteiger partial charge >= 0.3 is 5.97 Å². The number of rotatable bonds is 4. The first-order chi connectivity index (χ1) is 11.2. The summed E-state index contributed by atoms with van der Waals surface area (Å²) in [6.07, 6.45) is 0. The quantitative estimate of drug-likeness (QED) is 0.872. The Bertz CT molecular complexity index is 678. The van der Waals surface area contributed by atoms with Crippen molar-refractivity contribution >= 4 is 23.0 Å². The Labute approximate surface area is 139 Å². The predicted molar refractivity (Wildman–Crippen MR) is 91.3 cm³/mol. The summed E-state index contributed by atoms with van der Waals surface area (Å²) in [5, 5.41) is 11.9. The van der Waals surface area contributed by atoms with Crippen LogP contribution in [0.2, 0.25) is 0 Å². The van der Waals surface area contributed by atoms with Crippen LogP contribution in [0.3, 0.4) is 0 Å². The Kier molecular flexibility index (Phi) is 4.83. The number of carbonyl (C=O) groups excluding carboxylic acids is 1. The molecule has 6 heteroatoms. The van der Waals surface area contributed by atoms with E-state index in [0.717, 1.165) is 44.0 Å². The second-order valence-corrected chi connectivity index (χ2v) is 6.43. The highest BCUT2D eigenvalue weighted by Gasteiger charge is 2.21. The number of para-hydroxylation sites is 2. The molecule has 0 amide bonds. The van der Waals surface area contributed by atoms with Crippen molar-refractivity contribution in [3.63, 3.8) is 0 Å². The average Bonchev–Trinajstić information content (AvgIpc) is 3.03. The van der Waals surface area contributed by atoms with E-state index in [0.29, 0.717) is 10.6 Å². The van der Waals surface area contributed by atoms with Gasteiger partial charge in [-0.3, -0.25) is 4.90 Å². The molecule has 1 aromatic heterocycles. The number of aromatic hydroxyl groups is 1. The van der Waals surface area contributed by atoms with Crippen LogP contribution in [0.15, 0.2) is 35.7 Å². The number of hydrogen-bond acceptors (Lipinski definition) is 6. The van der Waals surface area contributed by atoms with Gasteiger partial charge in [0.2, 0.25) is 0 Å². The lowest BCUT2D eigenvalue weighted by molar-refractivity contribution is 0.0604. The zero-order valence-corrected chi connectivity index (χ0v) is 13.9. The molecule has 0 unspecified atom stereocenters. The van der Waals surface area contributed by atoms with Gasteiger partial charge in [-0.05, 0) is 29.1 Å². The first-order valence-corrected chi connectivity index (χ1v) is 8.47. The summed E-state index contributed by atoms with van der Waals surface area (Å²) < 4.78 is 4.83. The Morgan fingerprint density at radius 3 is 2.65 bits per heavy atom. The number of esters is 1. The molecular weight excluding hydrogens is 312 g/mol. The highest BCUT2D eigenvalue weighted by atomic mass is 32.1. The van der Waals surface area contributed by atoms with E-state index in [2.05, 4.69) is 9.80 Å². The zero-order chi connectivity index (χ0) is 16.2. The van der Waals surface area contributed by atoms with Crippen molar-refractivity contribution in [2.45, 2.75) is 6.54 Å². The normalized spacial score (nSPS) is 15.6. The Morgan fingerprint density at radius 2 is 1.96 bits per heavy atom. The van der Waals surface area contributed by atoms with Crippen LogP contribution < -0.4 is 4.90 Å². The minimum atomic E-state index is -0.261. The summed E-state index contributed by atoms with van der Waals surface area (Å²) in [5.41, 5.74) is 1.91. The molecule has 0 spiro atoms. The highest BCUT2D eigenvalue weighted by Crippen LogP contribution is 2.28. The standard InChI is InChI=1S/C17H20N2O3S/c1-22-17(21)16-13(6-11-23-16)12-18-7-9-19(10-8-18)14-4-2-3-5-15(14)20/h2-6,11,20H,7-10,12H2,1H3. The van der Waals surface area contributed by atoms with Crippen molar-refractivity contribution in [2.24, 2.45) is 0 Å². The monoisotopic (exact) mass is 332 g/mol. The van der Waals surface area contributed by atoms with Crippen LogP contribution in [0.5, 0.6) is 5.75 Å². The van der Waals surface area contributed by atoms with Gasteiger partial charge in [-0.1, -0.05) is 12.1 Å². The number of anilines is 1. The first-order valence-electron chi connectivity index (χ1n) is 7.59. The van der Waals surface area contributed by atoms with E-state index in [4.69, 9.17) is 4.74 Å². The Morgan fingerprint density at radius 1 is 1.22 bits per heavy atom. The van der Waals surface area contributed by atoms with Gasteiger partial charge in [-0.25, -0.2) is 4.79 Å². The van der Waals surface area contributed by atoms with Gasteiger partial charge in [0, 0.05) is 32.7 Å². The number of phenolic OH excluding ortho intramolecular Hbond substituents is 1. The third-order valence-corrected chi connectivity index (χ3v) is 5.04. The molecule has 1 fully saturated rings. The van der Waals surface area contributed by atoms with Crippen molar-refractivity contribution in [3.8, 4) is 5.75 Å². The summed E-state index contributed by atoms with van der Waals surface area (Å²) in [4.78, 5) is 17.0. The Hall–Kier alpha value is -2.05. The van der Waals surface area contributed by atoms with Gasteiger partial charge in [0.25, 0.3) is 0 Å². The van der Waals surface area contributed by atoms with Crippen molar-refractivity contribution < 1.29 is 14.6 Å². The van der Waals surface area contributed by atoms with Crippen LogP contribution in [-0.2, 0) is 11.3 Å². The first kappa shape index (κ1) is 15.8. The fourth-order valence-electron chi connectivity index (χ4n) is 2.85. The van der Waals surface area contributed by atoms with Gasteiger partial charge in [0.15, 0.2) is 0 Å². The number of hydrogen-bond donors (Lipinski definition) is 1. The smallest absolute Gasteiger partial charge is 0.348 e. The molecule has 0 aliphatic carbocycles. The Balaban J connectivity index is 1.61. The van der Waals surface area contributed by atoms with Crippen molar-refractivity contribution in [2.75, 3.05) is 38.2 Å². The van der Waals surface area contributed by atoms with E-state index in [9.17, 15) is 9.90 Å². The molecule has 2 aromatic rings. The SMILES string of the molecule is COC(=O)c1sccc1CN1CCN(c2ccccc2O)CC1. The lowest BCUT2D eigenvalue weighted by atomic mass is 10.2. The maximum absolute atomic E-state index is 11.7. The topological polar surface area (TPSA) is 53.0 Å². The molecule has 0 saturated carbocycles. The molecule has 1 aliphatic heterocycles. The number of thiophene rings is 1. The predicted octanol–water partition coefficient (Wildman–Crippen LogP) is 2.56. The molecular formula is C17H20N2O3S. The lowest BCUT2D eigenvalue weighted by Gasteiger charge is -2.36. The molecule has 0 bridgehead atoms. The van der Waals surface area contributed by atoms with E-state index >= 15 is 0 Å². The summed E-state index contributed by atoms with van der Waals surface area (Å²) in [6, 6.07) is 9.43. The van der Waals surface area contributed by atoms with Crippen molar-refractivity contribution in [3.05, 3.63) is 46.2 Å². The molecule has 1 aliphatic rings. The summed E-state index contributed by atoms with van der Waals surface area (Å²) in [7, 11) is 1.41. The number of benzene rings is 1. The number of ether oxygens (including phenoxy) is 1. The minimum absolute atomic E-state index is 0.261. The van der Waals surface area contributed by atoms with E-state index in [1.54, 1.807) is 6.07 Å². The fraction of sp³-hybridized carbons (Fsp3) is 0.353. The molecule has 122 valence electrons. The lowest BCUT2D eigenvalue weighted by Crippen LogP contribution is -2.46. The molecule has 23 heavy (non-hydrogen) atoms. The average molecular weight is 332 g/mol. The molecule has 5 nitrogen and oxygen atoms in total. The van der Waals surface area contributed by atoms with Gasteiger partial charge in [-0.2, -0.15) is 0 Å². The third-order valence-electron chi connectivity index (χ3n) is 4.11. The maximum Gasteiger partial charge on any atom is 0.348 e. The molecule has 3 rings (SSSR count). The van der Waals surface area contributed by atoms with Gasteiger partial charge in [-0.15, -0.1) is 11.3 Å². The molecule has 0 radical (unpaired) electrons. The van der Waals surface area contributed by atoms with Crippen LogP contribution in [0.4, 0.5) is 5.69 Å². The highest BCUT2D eigenvalue weighted by molar-refractivity contribution is 7.12. The second-order valence-electron chi connectivity index (χ2n) is 5.52. The maximum atomic E-state index is 11.7. The van der Waals surface area contributed by atoms with E-state index in [-0.39, 0.29) is 5.97 Å². The number of phenols is 1. The van der Waals surface area contributed by atoms with E-state index in [1.807, 2.05) is 29.6 Å². The fourth-order valence-corrected chi connectivity index (χ4v) is 3.68. The van der Waals surface area contributed by atoms with Crippen LogP contribution in [-0.4, -0.2) is 49.3 Å². The molecule has 1 saturated heterocycles. The summed E-state index contributed by atoms with van der Waals surface area (Å²) >= 11 is 1.43. The van der Waals surface area contributed by atoms with Crippen LogP contribution in [0.1, 0.15) is 15.2 Å². The largest absolute Gasteiger partial charge is 0.506 e. The molecule has 1 aromatic carbocycles. The van der Waals surface area contributed by atoms with Crippen LogP contribution in [0.25, 0.3) is 0 Å². The number of methoxy groups -OCH3 is 1. The summed E-state index contributed by atoms with van der Waals surface area (Å²) in [6.45, 7) is 4.25. The van der Waals surface area contributed by atoms with Gasteiger partial charge in [0.05, 0.1) is 12.8 Å². The van der Waals surface area contributed by atoms with Crippen molar-refractivity contribution in [1.29, 1.82) is 0 Å². The molecule has 1 N–H and O–H groups in total. The number of nitrogens with zero attached hydrogens (tertiary/aromatic N) is 2. The van der Waals surface area contributed by atoms with E-state index < -0.39 is 0 Å². The third kappa shape index (κ3) is 3.48. The van der Waals surface area contributed by atoms with Gasteiger partial charge in [0.1, 0.15) is 10.6 Å². The number of carbonyl (C=O) groups is 1. The second kappa shape index (κ2) is 7.02. The van der Waals surface area contributed by atoms with Crippen molar-refractivity contribution in [1.82, 2.24) is 4.90 Å². The molecule has 2 heterocycles. The van der Waals surface area contributed by atoms with Crippen LogP contribution >= 0.6 is 11.3 Å². The summed E-state index contributed by atoms with van der Waals surface area (Å²) in [5.74, 6) is 0.0644.